The SMILES string of the molecule is Cc1ccc(Nc2nccc(N3CCN(c4ccc(F)cc4)CC3)n2)cc1C. The number of aryl methyl sites for hydroxylation is 2. The zero-order valence-corrected chi connectivity index (χ0v) is 16.2. The molecular formula is C22H24FN5. The molecule has 0 spiro atoms. The maximum absolute atomic E-state index is 13.1. The van der Waals surface area contributed by atoms with Crippen LogP contribution in [0.15, 0.2) is 54.7 Å². The van der Waals surface area contributed by atoms with E-state index in [0.29, 0.717) is 5.95 Å². The molecule has 5 nitrogen and oxygen atoms in total. The summed E-state index contributed by atoms with van der Waals surface area (Å²) >= 11 is 0. The van der Waals surface area contributed by atoms with Crippen molar-refractivity contribution in [1.82, 2.24) is 9.97 Å². The van der Waals surface area contributed by atoms with Crippen molar-refractivity contribution in [3.8, 4) is 0 Å². The molecule has 3 aromatic rings. The molecule has 1 aliphatic rings. The van der Waals surface area contributed by atoms with Gasteiger partial charge in [-0.3, -0.25) is 0 Å². The molecule has 6 heteroatoms. The smallest absolute Gasteiger partial charge is 0.229 e. The van der Waals surface area contributed by atoms with Crippen molar-refractivity contribution < 1.29 is 4.39 Å². The Balaban J connectivity index is 1.42. The Morgan fingerprint density at radius 3 is 2.29 bits per heavy atom. The van der Waals surface area contributed by atoms with E-state index in [-0.39, 0.29) is 5.82 Å². The summed E-state index contributed by atoms with van der Waals surface area (Å²) in [6, 6.07) is 14.9. The first-order valence-electron chi connectivity index (χ1n) is 9.51. The fourth-order valence-corrected chi connectivity index (χ4v) is 3.38. The number of piperazine rings is 1. The highest BCUT2D eigenvalue weighted by atomic mass is 19.1. The molecule has 0 amide bonds. The average Bonchev–Trinajstić information content (AvgIpc) is 2.72. The lowest BCUT2D eigenvalue weighted by Crippen LogP contribution is -2.46. The van der Waals surface area contributed by atoms with Crippen LogP contribution in [0.3, 0.4) is 0 Å². The first-order valence-corrected chi connectivity index (χ1v) is 9.51. The van der Waals surface area contributed by atoms with Crippen LogP contribution < -0.4 is 15.1 Å². The molecule has 0 bridgehead atoms. The van der Waals surface area contributed by atoms with Crippen LogP contribution in [0.5, 0.6) is 0 Å². The summed E-state index contributed by atoms with van der Waals surface area (Å²) in [7, 11) is 0. The van der Waals surface area contributed by atoms with E-state index in [9.17, 15) is 4.39 Å². The largest absolute Gasteiger partial charge is 0.368 e. The highest BCUT2D eigenvalue weighted by Crippen LogP contribution is 2.22. The number of halogens is 1. The standard InChI is InChI=1S/C22H24FN5/c1-16-3-6-19(15-17(16)2)25-22-24-10-9-21(26-22)28-13-11-27(12-14-28)20-7-4-18(23)5-8-20/h3-10,15H,11-14H2,1-2H3,(H,24,25,26). The predicted molar refractivity (Wildman–Crippen MR) is 112 cm³/mol. The Bertz CT molecular complexity index is 949. The summed E-state index contributed by atoms with van der Waals surface area (Å²) in [5.74, 6) is 1.31. The van der Waals surface area contributed by atoms with Gasteiger partial charge in [0, 0.05) is 43.8 Å². The number of hydrogen-bond donors (Lipinski definition) is 1. The minimum absolute atomic E-state index is 0.202. The van der Waals surface area contributed by atoms with Gasteiger partial charge in [0.25, 0.3) is 0 Å². The normalized spacial score (nSPS) is 14.2. The lowest BCUT2D eigenvalue weighted by molar-refractivity contribution is 0.624. The molecule has 1 fully saturated rings. The Hall–Kier alpha value is -3.15. The van der Waals surface area contributed by atoms with E-state index < -0.39 is 0 Å². The number of nitrogens with zero attached hydrogens (tertiary/aromatic N) is 4. The average molecular weight is 377 g/mol. The molecule has 1 saturated heterocycles. The second-order valence-electron chi connectivity index (χ2n) is 7.11. The van der Waals surface area contributed by atoms with Crippen LogP contribution in [0.2, 0.25) is 0 Å². The van der Waals surface area contributed by atoms with Crippen molar-refractivity contribution in [2.24, 2.45) is 0 Å². The van der Waals surface area contributed by atoms with Crippen molar-refractivity contribution in [3.63, 3.8) is 0 Å². The number of nitrogens with one attached hydrogen (secondary N) is 1. The molecule has 0 saturated carbocycles. The Morgan fingerprint density at radius 1 is 0.857 bits per heavy atom. The first kappa shape index (κ1) is 18.2. The molecule has 28 heavy (non-hydrogen) atoms. The van der Waals surface area contributed by atoms with Gasteiger partial charge in [-0.25, -0.2) is 9.37 Å². The van der Waals surface area contributed by atoms with Gasteiger partial charge in [-0.15, -0.1) is 0 Å². The first-order chi connectivity index (χ1) is 13.6. The second-order valence-corrected chi connectivity index (χ2v) is 7.11. The summed E-state index contributed by atoms with van der Waals surface area (Å²) in [6.07, 6.45) is 1.79. The molecule has 2 heterocycles. The highest BCUT2D eigenvalue weighted by Gasteiger charge is 2.19. The van der Waals surface area contributed by atoms with Crippen molar-refractivity contribution in [3.05, 3.63) is 71.7 Å². The monoisotopic (exact) mass is 377 g/mol. The van der Waals surface area contributed by atoms with Gasteiger partial charge in [0.15, 0.2) is 0 Å². The molecule has 4 rings (SSSR count). The van der Waals surface area contributed by atoms with E-state index in [2.05, 4.69) is 51.1 Å². The summed E-state index contributed by atoms with van der Waals surface area (Å²) in [5.41, 5.74) is 4.54. The number of benzene rings is 2. The molecule has 0 aliphatic carbocycles. The van der Waals surface area contributed by atoms with Gasteiger partial charge in [-0.1, -0.05) is 6.07 Å². The zero-order chi connectivity index (χ0) is 19.5. The Kier molecular flexibility index (Phi) is 5.10. The lowest BCUT2D eigenvalue weighted by Gasteiger charge is -2.36. The highest BCUT2D eigenvalue weighted by molar-refractivity contribution is 5.57. The summed E-state index contributed by atoms with van der Waals surface area (Å²) in [6.45, 7) is 7.65. The van der Waals surface area contributed by atoms with E-state index >= 15 is 0 Å². The van der Waals surface area contributed by atoms with E-state index in [1.165, 1.54) is 23.3 Å². The minimum atomic E-state index is -0.202. The number of hydrogen-bond acceptors (Lipinski definition) is 5. The second kappa shape index (κ2) is 7.84. The van der Waals surface area contributed by atoms with Crippen LogP contribution in [-0.2, 0) is 0 Å². The van der Waals surface area contributed by atoms with Gasteiger partial charge >= 0.3 is 0 Å². The molecule has 1 aromatic heterocycles. The van der Waals surface area contributed by atoms with Gasteiger partial charge in [-0.2, -0.15) is 4.98 Å². The molecule has 2 aromatic carbocycles. The van der Waals surface area contributed by atoms with Gasteiger partial charge in [0.1, 0.15) is 11.6 Å². The van der Waals surface area contributed by atoms with E-state index in [1.807, 2.05) is 24.3 Å². The maximum atomic E-state index is 13.1. The van der Waals surface area contributed by atoms with E-state index in [1.54, 1.807) is 6.20 Å². The third kappa shape index (κ3) is 4.06. The van der Waals surface area contributed by atoms with Crippen LogP contribution in [0, 0.1) is 19.7 Å². The Morgan fingerprint density at radius 2 is 1.57 bits per heavy atom. The molecule has 0 radical (unpaired) electrons. The fourth-order valence-electron chi connectivity index (χ4n) is 3.38. The molecule has 0 unspecified atom stereocenters. The van der Waals surface area contributed by atoms with Crippen LogP contribution >= 0.6 is 0 Å². The quantitative estimate of drug-likeness (QED) is 0.734. The predicted octanol–water partition coefficient (Wildman–Crippen LogP) is 4.30. The molecule has 0 atom stereocenters. The van der Waals surface area contributed by atoms with Crippen LogP contribution in [0.1, 0.15) is 11.1 Å². The maximum Gasteiger partial charge on any atom is 0.229 e. The van der Waals surface area contributed by atoms with Gasteiger partial charge in [0.05, 0.1) is 0 Å². The van der Waals surface area contributed by atoms with E-state index in [4.69, 9.17) is 0 Å². The van der Waals surface area contributed by atoms with Crippen molar-refractivity contribution in [2.75, 3.05) is 41.3 Å². The van der Waals surface area contributed by atoms with Crippen LogP contribution in [-0.4, -0.2) is 36.1 Å². The zero-order valence-electron chi connectivity index (χ0n) is 16.2. The van der Waals surface area contributed by atoms with E-state index in [0.717, 1.165) is 43.4 Å². The minimum Gasteiger partial charge on any atom is -0.368 e. The third-order valence-corrected chi connectivity index (χ3v) is 5.20. The number of anilines is 4. The molecule has 1 N–H and O–H groups in total. The lowest BCUT2D eigenvalue weighted by atomic mass is 10.1. The molecular weight excluding hydrogens is 353 g/mol. The van der Waals surface area contributed by atoms with Crippen molar-refractivity contribution in [2.45, 2.75) is 13.8 Å². The number of rotatable bonds is 4. The summed E-state index contributed by atoms with van der Waals surface area (Å²) in [5, 5.41) is 3.30. The fraction of sp³-hybridized carbons (Fsp3) is 0.273. The van der Waals surface area contributed by atoms with Gasteiger partial charge in [-0.05, 0) is 67.4 Å². The molecule has 144 valence electrons. The summed E-state index contributed by atoms with van der Waals surface area (Å²) < 4.78 is 13.1. The van der Waals surface area contributed by atoms with Gasteiger partial charge < -0.3 is 15.1 Å². The van der Waals surface area contributed by atoms with Crippen LogP contribution in [0.25, 0.3) is 0 Å². The Labute approximate surface area is 164 Å². The summed E-state index contributed by atoms with van der Waals surface area (Å²) in [4.78, 5) is 13.6. The van der Waals surface area contributed by atoms with Crippen molar-refractivity contribution in [1.29, 1.82) is 0 Å². The van der Waals surface area contributed by atoms with Crippen molar-refractivity contribution >= 4 is 23.1 Å². The van der Waals surface area contributed by atoms with Crippen LogP contribution in [0.4, 0.5) is 27.5 Å². The molecule has 1 aliphatic heterocycles. The number of aromatic nitrogens is 2. The topological polar surface area (TPSA) is 44.3 Å². The van der Waals surface area contributed by atoms with Gasteiger partial charge in [0.2, 0.25) is 5.95 Å². The third-order valence-electron chi connectivity index (χ3n) is 5.20.